The quantitative estimate of drug-likeness (QED) is 0.579. The van der Waals surface area contributed by atoms with Crippen molar-refractivity contribution in [1.82, 2.24) is 14.6 Å². The number of sulfonamides is 1. The number of hydrogen-bond acceptors (Lipinski definition) is 6. The first-order valence-corrected chi connectivity index (χ1v) is 13.0. The van der Waals surface area contributed by atoms with Gasteiger partial charge < -0.3 is 24.7 Å². The number of hydrogen-bond donors (Lipinski definition) is 2. The lowest BCUT2D eigenvalue weighted by Crippen LogP contribution is -2.45. The van der Waals surface area contributed by atoms with Crippen LogP contribution in [0.2, 0.25) is 0 Å². The van der Waals surface area contributed by atoms with E-state index < -0.39 is 10.0 Å². The molecule has 2 N–H and O–H groups in total. The SMILES string of the molecule is COc1ccc2[nH]c3c(c2c1)C(C)(C)CN(S(=O)(=O)c1ccc(OC)c(N2CCNCC2)c1)C3. The minimum Gasteiger partial charge on any atom is -0.497 e. The zero-order valence-electron chi connectivity index (χ0n) is 20.1. The van der Waals surface area contributed by atoms with Crippen LogP contribution in [0.15, 0.2) is 41.3 Å². The number of rotatable bonds is 5. The van der Waals surface area contributed by atoms with E-state index in [0.29, 0.717) is 23.7 Å². The van der Waals surface area contributed by atoms with E-state index in [2.05, 4.69) is 29.0 Å². The fourth-order valence-corrected chi connectivity index (χ4v) is 6.89. The van der Waals surface area contributed by atoms with Gasteiger partial charge in [-0.1, -0.05) is 13.8 Å². The van der Waals surface area contributed by atoms with Crippen molar-refractivity contribution in [3.8, 4) is 11.5 Å². The number of fused-ring (bicyclic) bond motifs is 3. The zero-order chi connectivity index (χ0) is 24.1. The van der Waals surface area contributed by atoms with Crippen molar-refractivity contribution < 1.29 is 17.9 Å². The lowest BCUT2D eigenvalue weighted by atomic mass is 9.80. The van der Waals surface area contributed by atoms with E-state index in [-0.39, 0.29) is 5.41 Å². The van der Waals surface area contributed by atoms with Crippen LogP contribution in [0, 0.1) is 0 Å². The van der Waals surface area contributed by atoms with Gasteiger partial charge in [0.15, 0.2) is 0 Å². The van der Waals surface area contributed by atoms with Crippen LogP contribution in [0.3, 0.4) is 0 Å². The second-order valence-corrected chi connectivity index (χ2v) is 11.6. The summed E-state index contributed by atoms with van der Waals surface area (Å²) in [6.07, 6.45) is 0. The summed E-state index contributed by atoms with van der Waals surface area (Å²) < 4.78 is 40.3. The fourth-order valence-electron chi connectivity index (χ4n) is 5.30. The first-order valence-electron chi connectivity index (χ1n) is 11.6. The van der Waals surface area contributed by atoms with Gasteiger partial charge in [0.25, 0.3) is 0 Å². The van der Waals surface area contributed by atoms with Gasteiger partial charge in [-0.25, -0.2) is 8.42 Å². The van der Waals surface area contributed by atoms with Crippen molar-refractivity contribution in [1.29, 1.82) is 0 Å². The van der Waals surface area contributed by atoms with E-state index in [1.165, 1.54) is 0 Å². The van der Waals surface area contributed by atoms with Gasteiger partial charge in [0.05, 0.1) is 31.3 Å². The summed E-state index contributed by atoms with van der Waals surface area (Å²) in [6.45, 7) is 8.20. The van der Waals surface area contributed by atoms with Gasteiger partial charge in [-0.05, 0) is 42.0 Å². The van der Waals surface area contributed by atoms with Crippen LogP contribution >= 0.6 is 0 Å². The molecule has 5 rings (SSSR count). The Balaban J connectivity index is 1.53. The summed E-state index contributed by atoms with van der Waals surface area (Å²) in [4.78, 5) is 5.93. The Morgan fingerprint density at radius 2 is 1.76 bits per heavy atom. The number of H-pyrrole nitrogens is 1. The summed E-state index contributed by atoms with van der Waals surface area (Å²) in [5.41, 5.74) is 3.52. The van der Waals surface area contributed by atoms with Crippen LogP contribution in [0.1, 0.15) is 25.1 Å². The van der Waals surface area contributed by atoms with Crippen LogP contribution < -0.4 is 19.7 Å². The third kappa shape index (κ3) is 3.81. The Bertz CT molecular complexity index is 1330. The molecule has 9 heteroatoms. The summed E-state index contributed by atoms with van der Waals surface area (Å²) in [5, 5.41) is 4.42. The molecule has 0 amide bonds. The molecular formula is C25H32N4O4S. The van der Waals surface area contributed by atoms with Crippen molar-refractivity contribution in [2.75, 3.05) is 51.8 Å². The summed E-state index contributed by atoms with van der Waals surface area (Å²) >= 11 is 0. The number of nitrogens with one attached hydrogen (secondary N) is 2. The molecular weight excluding hydrogens is 452 g/mol. The fraction of sp³-hybridized carbons (Fsp3) is 0.440. The highest BCUT2D eigenvalue weighted by Crippen LogP contribution is 2.42. The highest BCUT2D eigenvalue weighted by Gasteiger charge is 2.40. The van der Waals surface area contributed by atoms with E-state index >= 15 is 0 Å². The number of benzene rings is 2. The number of methoxy groups -OCH3 is 2. The number of piperazine rings is 1. The molecule has 2 aromatic carbocycles. The van der Waals surface area contributed by atoms with Gasteiger partial charge >= 0.3 is 0 Å². The number of anilines is 1. The molecule has 0 unspecified atom stereocenters. The van der Waals surface area contributed by atoms with E-state index in [4.69, 9.17) is 9.47 Å². The lowest BCUT2D eigenvalue weighted by Gasteiger charge is -2.38. The van der Waals surface area contributed by atoms with Crippen LogP contribution in [-0.2, 0) is 22.0 Å². The molecule has 0 bridgehead atoms. The van der Waals surface area contributed by atoms with Gasteiger partial charge in [-0.3, -0.25) is 0 Å². The monoisotopic (exact) mass is 484 g/mol. The molecule has 3 aromatic rings. The van der Waals surface area contributed by atoms with Crippen LogP contribution in [0.4, 0.5) is 5.69 Å². The standard InChI is InChI=1S/C25H32N4O4S/c1-25(2)16-29(15-21-24(25)19-13-17(32-3)5-7-20(19)27-21)34(30,31)18-6-8-23(33-4)22(14-18)28-11-9-26-10-12-28/h5-8,13-14,26-27H,9-12,15-16H2,1-4H3. The van der Waals surface area contributed by atoms with Gasteiger partial charge in [0, 0.05) is 54.7 Å². The molecule has 182 valence electrons. The first kappa shape index (κ1) is 23.0. The largest absolute Gasteiger partial charge is 0.497 e. The minimum absolute atomic E-state index is 0.291. The maximum atomic E-state index is 13.9. The van der Waals surface area contributed by atoms with Crippen LogP contribution in [0.25, 0.3) is 10.9 Å². The van der Waals surface area contributed by atoms with Crippen LogP contribution in [-0.4, -0.2) is 64.7 Å². The van der Waals surface area contributed by atoms with E-state index in [0.717, 1.165) is 59.8 Å². The number of nitrogens with zero attached hydrogens (tertiary/aromatic N) is 2. The number of aromatic nitrogens is 1. The molecule has 8 nitrogen and oxygen atoms in total. The molecule has 0 aliphatic carbocycles. The Labute approximate surface area is 200 Å². The summed E-state index contributed by atoms with van der Waals surface area (Å²) in [5.74, 6) is 1.48. The molecule has 1 aromatic heterocycles. The maximum Gasteiger partial charge on any atom is 0.243 e. The van der Waals surface area contributed by atoms with Crippen molar-refractivity contribution in [3.63, 3.8) is 0 Å². The summed E-state index contributed by atoms with van der Waals surface area (Å²) in [7, 11) is -0.446. The Hall–Kier alpha value is -2.75. The molecule has 0 spiro atoms. The molecule has 1 fully saturated rings. The number of ether oxygens (including phenoxy) is 2. The molecule has 2 aliphatic rings. The van der Waals surface area contributed by atoms with Gasteiger partial charge in [-0.2, -0.15) is 4.31 Å². The third-order valence-corrected chi connectivity index (χ3v) is 8.70. The second-order valence-electron chi connectivity index (χ2n) is 9.62. The van der Waals surface area contributed by atoms with Gasteiger partial charge in [0.2, 0.25) is 10.0 Å². The molecule has 3 heterocycles. The minimum atomic E-state index is -3.72. The molecule has 1 saturated heterocycles. The Kier molecular flexibility index (Phi) is 5.74. The molecule has 2 aliphatic heterocycles. The third-order valence-electron chi connectivity index (χ3n) is 6.91. The topological polar surface area (TPSA) is 86.9 Å². The van der Waals surface area contributed by atoms with E-state index in [9.17, 15) is 8.42 Å². The van der Waals surface area contributed by atoms with E-state index in [1.807, 2.05) is 18.2 Å². The van der Waals surface area contributed by atoms with Crippen molar-refractivity contribution in [3.05, 3.63) is 47.7 Å². The molecule has 0 saturated carbocycles. The summed E-state index contributed by atoms with van der Waals surface area (Å²) in [6, 6.07) is 11.1. The maximum absolute atomic E-state index is 13.9. The zero-order valence-corrected chi connectivity index (χ0v) is 21.0. The smallest absolute Gasteiger partial charge is 0.243 e. The van der Waals surface area contributed by atoms with Crippen molar-refractivity contribution >= 4 is 26.6 Å². The molecule has 0 radical (unpaired) electrons. The van der Waals surface area contributed by atoms with Crippen molar-refractivity contribution in [2.45, 2.75) is 30.7 Å². The Morgan fingerprint density at radius 3 is 2.47 bits per heavy atom. The van der Waals surface area contributed by atoms with E-state index in [1.54, 1.807) is 36.7 Å². The predicted octanol–water partition coefficient (Wildman–Crippen LogP) is 3.08. The highest BCUT2D eigenvalue weighted by molar-refractivity contribution is 7.89. The predicted molar refractivity (Wildman–Crippen MR) is 134 cm³/mol. The first-order chi connectivity index (χ1) is 16.2. The van der Waals surface area contributed by atoms with Crippen LogP contribution in [0.5, 0.6) is 11.5 Å². The Morgan fingerprint density at radius 1 is 1.00 bits per heavy atom. The second kappa shape index (κ2) is 8.48. The van der Waals surface area contributed by atoms with Gasteiger partial charge in [0.1, 0.15) is 11.5 Å². The van der Waals surface area contributed by atoms with Gasteiger partial charge in [-0.15, -0.1) is 0 Å². The van der Waals surface area contributed by atoms with Crippen molar-refractivity contribution in [2.24, 2.45) is 0 Å². The highest BCUT2D eigenvalue weighted by atomic mass is 32.2. The molecule has 0 atom stereocenters. The lowest BCUT2D eigenvalue weighted by molar-refractivity contribution is 0.299. The number of aromatic amines is 1. The average Bonchev–Trinajstić information content (AvgIpc) is 3.22. The average molecular weight is 485 g/mol. The normalized spacial score (nSPS) is 18.6. The molecule has 34 heavy (non-hydrogen) atoms.